The van der Waals surface area contributed by atoms with Gasteiger partial charge < -0.3 is 0 Å². The van der Waals surface area contributed by atoms with E-state index in [0.717, 1.165) is 0 Å². The lowest BCUT2D eigenvalue weighted by molar-refractivity contribution is 0.827. The minimum atomic E-state index is -0.171. The molecule has 0 aromatic carbocycles. The Hall–Kier alpha value is 1.06. The van der Waals surface area contributed by atoms with Crippen molar-refractivity contribution in [1.82, 2.24) is 0 Å². The van der Waals surface area contributed by atoms with E-state index >= 15 is 0 Å². The average Bonchev–Trinajstić information content (AvgIpc) is 1.90. The van der Waals surface area contributed by atoms with Gasteiger partial charge in [-0.2, -0.15) is 0 Å². The van der Waals surface area contributed by atoms with Crippen molar-refractivity contribution < 1.29 is 0 Å². The third-order valence-corrected chi connectivity index (χ3v) is 5.20. The maximum atomic E-state index is 3.64. The Kier molecular flexibility index (Phi) is 22.8. The van der Waals surface area contributed by atoms with Gasteiger partial charge in [-0.05, 0) is 5.92 Å². The number of rotatable bonds is 3. The monoisotopic (exact) mass is 201 g/mol. The molecule has 0 atom stereocenters. The van der Waals surface area contributed by atoms with Crippen molar-refractivity contribution in [2.45, 2.75) is 50.5 Å². The van der Waals surface area contributed by atoms with Crippen LogP contribution in [0.2, 0.25) is 15.8 Å². The second kappa shape index (κ2) is 14.6. The smallest absolute Gasteiger partial charge is 0.0967 e. The molecule has 0 aliphatic carbocycles. The molecule has 0 N–H and O–H groups in total. The van der Waals surface area contributed by atoms with Crippen LogP contribution >= 0.6 is 0 Å². The zero-order chi connectivity index (χ0) is 9.28. The first-order chi connectivity index (χ1) is 5.08. The molecular formula is C10H27Al2. The molecule has 12 heavy (non-hydrogen) atoms. The van der Waals surface area contributed by atoms with Gasteiger partial charge in [0.1, 0.15) is 0 Å². The molecule has 0 aromatic rings. The first-order valence-corrected chi connectivity index (χ1v) is 7.36. The fraction of sp³-hybridized carbons (Fsp3) is 0.900. The van der Waals surface area contributed by atoms with E-state index in [1.807, 2.05) is 0 Å². The lowest BCUT2D eigenvalue weighted by Gasteiger charge is -1.97. The van der Waals surface area contributed by atoms with E-state index in [2.05, 4.69) is 41.5 Å². The summed E-state index contributed by atoms with van der Waals surface area (Å²) in [7, 11) is 0. The second-order valence-corrected chi connectivity index (χ2v) is 7.67. The molecule has 0 aliphatic rings. The molecule has 1 radical (unpaired) electrons. The third kappa shape index (κ3) is 22.5. The number of hydrogen-bond donors (Lipinski definition) is 0. The Labute approximate surface area is 94.7 Å². The molecule has 0 rings (SSSR count). The van der Waals surface area contributed by atoms with E-state index in [-0.39, 0.29) is 31.5 Å². The van der Waals surface area contributed by atoms with E-state index in [4.69, 9.17) is 0 Å². The first-order valence-electron chi connectivity index (χ1n) is 4.91. The molecule has 2 heteroatoms. The van der Waals surface area contributed by atoms with Gasteiger partial charge in [-0.15, -0.1) is 0 Å². The van der Waals surface area contributed by atoms with Crippen LogP contribution < -0.4 is 0 Å². The minimum absolute atomic E-state index is 0. The van der Waals surface area contributed by atoms with E-state index in [1.165, 1.54) is 15.8 Å². The van der Waals surface area contributed by atoms with Crippen LogP contribution in [0.1, 0.15) is 34.6 Å². The zero-order valence-electron chi connectivity index (χ0n) is 8.98. The van der Waals surface area contributed by atoms with Gasteiger partial charge in [0, 0.05) is 0 Å². The van der Waals surface area contributed by atoms with Gasteiger partial charge >= 0.3 is 0 Å². The van der Waals surface area contributed by atoms with Crippen molar-refractivity contribution in [3.05, 3.63) is 6.92 Å². The van der Waals surface area contributed by atoms with Crippen LogP contribution in [-0.4, -0.2) is 31.5 Å². The second-order valence-electron chi connectivity index (χ2n) is 3.48. The molecule has 0 nitrogen and oxygen atoms in total. The Bertz CT molecular complexity index is 50.6. The van der Waals surface area contributed by atoms with Crippen LogP contribution in [0.5, 0.6) is 0 Å². The molecule has 0 amide bonds. The molecule has 0 saturated heterocycles. The van der Waals surface area contributed by atoms with Crippen LogP contribution in [0.25, 0.3) is 0 Å². The molecule has 73 valence electrons. The quantitative estimate of drug-likeness (QED) is 0.616. The average molecular weight is 201 g/mol. The summed E-state index contributed by atoms with van der Waals surface area (Å²) in [5, 5.41) is 4.48. The highest BCUT2D eigenvalue weighted by Gasteiger charge is 2.05. The Morgan fingerprint density at radius 2 is 1.17 bits per heavy atom. The molecule has 0 spiro atoms. The summed E-state index contributed by atoms with van der Waals surface area (Å²) in [5.41, 5.74) is 0. The molecule has 0 heterocycles. The van der Waals surface area contributed by atoms with Crippen molar-refractivity contribution in [1.29, 1.82) is 0 Å². The SMILES string of the molecule is C[CH2][Al]([CH2]C)[CH2]C.[AlH3].[CH2]C(C)C. The predicted molar refractivity (Wildman–Crippen MR) is 67.3 cm³/mol. The fourth-order valence-corrected chi connectivity index (χ4v) is 2.60. The minimum Gasteiger partial charge on any atom is -0.0967 e. The molecular weight excluding hydrogens is 174 g/mol. The van der Waals surface area contributed by atoms with Crippen LogP contribution in [0.3, 0.4) is 0 Å². The van der Waals surface area contributed by atoms with Crippen LogP contribution in [0, 0.1) is 12.8 Å². The fourth-order valence-electron chi connectivity index (χ4n) is 0.866. The zero-order valence-corrected chi connectivity index (χ0v) is 10.1. The summed E-state index contributed by atoms with van der Waals surface area (Å²) in [5.74, 6) is 0.583. The molecule has 0 aliphatic heterocycles. The van der Waals surface area contributed by atoms with Gasteiger partial charge in [0.2, 0.25) is 0 Å². The van der Waals surface area contributed by atoms with Crippen LogP contribution in [0.4, 0.5) is 0 Å². The summed E-state index contributed by atoms with van der Waals surface area (Å²) in [6.07, 6.45) is 0. The van der Waals surface area contributed by atoms with Crippen molar-refractivity contribution in [2.75, 3.05) is 0 Å². The predicted octanol–water partition coefficient (Wildman–Crippen LogP) is 2.83. The summed E-state index contributed by atoms with van der Waals surface area (Å²) >= 11 is -0.171. The van der Waals surface area contributed by atoms with Gasteiger partial charge in [0.05, 0.1) is 0 Å². The van der Waals surface area contributed by atoms with Gasteiger partial charge in [0.15, 0.2) is 17.4 Å². The van der Waals surface area contributed by atoms with E-state index in [0.29, 0.717) is 5.92 Å². The Balaban J connectivity index is -0.000000142. The number of hydrogen-bond acceptors (Lipinski definition) is 0. The topological polar surface area (TPSA) is 0 Å². The van der Waals surface area contributed by atoms with Gasteiger partial charge in [-0.25, -0.2) is 0 Å². The Morgan fingerprint density at radius 1 is 1.00 bits per heavy atom. The van der Waals surface area contributed by atoms with Crippen LogP contribution in [0.15, 0.2) is 0 Å². The van der Waals surface area contributed by atoms with Gasteiger partial charge in [0.25, 0.3) is 14.1 Å². The van der Waals surface area contributed by atoms with Crippen LogP contribution in [-0.2, 0) is 0 Å². The van der Waals surface area contributed by atoms with Gasteiger partial charge in [-0.3, -0.25) is 0 Å². The summed E-state index contributed by atoms with van der Waals surface area (Å²) < 4.78 is 0. The highest BCUT2D eigenvalue weighted by atomic mass is 27.2. The molecule has 0 saturated carbocycles. The van der Waals surface area contributed by atoms with E-state index in [1.54, 1.807) is 0 Å². The highest BCUT2D eigenvalue weighted by Crippen LogP contribution is 2.01. The van der Waals surface area contributed by atoms with E-state index in [9.17, 15) is 0 Å². The maximum absolute atomic E-state index is 3.64. The van der Waals surface area contributed by atoms with Crippen molar-refractivity contribution in [3.8, 4) is 0 Å². The summed E-state index contributed by atoms with van der Waals surface area (Å²) in [4.78, 5) is 0. The molecule has 0 aromatic heterocycles. The lowest BCUT2D eigenvalue weighted by atomic mass is 10.3. The maximum Gasteiger partial charge on any atom is 0.261 e. The Morgan fingerprint density at radius 3 is 1.17 bits per heavy atom. The van der Waals surface area contributed by atoms with Crippen molar-refractivity contribution in [3.63, 3.8) is 0 Å². The molecule has 0 fully saturated rings. The standard InChI is InChI=1S/C4H9.3C2H5.2Al.3H/c1-4(2)3;3*1-2;;;;;/h4H,1H2,2-3H3;3*1H2,2H3;;;;;. The van der Waals surface area contributed by atoms with Crippen molar-refractivity contribution >= 4 is 31.5 Å². The third-order valence-electron chi connectivity index (χ3n) is 1.73. The largest absolute Gasteiger partial charge is 0.261 e. The lowest BCUT2D eigenvalue weighted by Crippen LogP contribution is -2.04. The molecule has 0 unspecified atom stereocenters. The summed E-state index contributed by atoms with van der Waals surface area (Å²) in [6.45, 7) is 14.7. The van der Waals surface area contributed by atoms with E-state index < -0.39 is 0 Å². The normalized spacial score (nSPS) is 8.25. The molecule has 0 bridgehead atoms. The summed E-state index contributed by atoms with van der Waals surface area (Å²) in [6, 6.07) is 0. The first kappa shape index (κ1) is 18.8. The highest BCUT2D eigenvalue weighted by molar-refractivity contribution is 6.58. The van der Waals surface area contributed by atoms with Gasteiger partial charge in [-0.1, -0.05) is 57.4 Å². The van der Waals surface area contributed by atoms with Crippen molar-refractivity contribution in [2.24, 2.45) is 5.92 Å².